The zero-order chi connectivity index (χ0) is 17.6. The van der Waals surface area contributed by atoms with Crippen LogP contribution in [0.4, 0.5) is 0 Å². The quantitative estimate of drug-likeness (QED) is 0.455. The van der Waals surface area contributed by atoms with Crippen LogP contribution >= 0.6 is 0 Å². The van der Waals surface area contributed by atoms with E-state index in [4.69, 9.17) is 13.3 Å². The van der Waals surface area contributed by atoms with Crippen LogP contribution in [0.15, 0.2) is 17.0 Å². The molecule has 0 heterocycles. The van der Waals surface area contributed by atoms with Crippen LogP contribution in [-0.4, -0.2) is 22.1 Å². The fourth-order valence-corrected chi connectivity index (χ4v) is 3.08. The standard InChI is InChI=1S/C15H24O2S.2Na.H2O3S/c1-9(2)12-7-13(10(3)4)15(18(16)17)14(8-12)11(5)6;;;1-4(2)3/h7-11H,1-6H3,(H,16,17);;;(H2,1,2,3)/q;2*+1;/p-2. The molecule has 0 aliphatic rings. The Morgan fingerprint density at radius 3 is 1.29 bits per heavy atom. The maximum Gasteiger partial charge on any atom is 1.00 e. The summed E-state index contributed by atoms with van der Waals surface area (Å²) in [6.07, 6.45) is 0. The van der Waals surface area contributed by atoms with E-state index in [2.05, 4.69) is 53.7 Å². The second kappa shape index (κ2) is 14.5. The third kappa shape index (κ3) is 10.5. The summed E-state index contributed by atoms with van der Waals surface area (Å²) in [7, 11) is 0. The van der Waals surface area contributed by atoms with Gasteiger partial charge in [0, 0.05) is 0 Å². The van der Waals surface area contributed by atoms with Crippen LogP contribution in [0.5, 0.6) is 0 Å². The SMILES string of the molecule is CC(C)c1cc(C(C)C)c(S(=O)O)c(C(C)C)c1.O=S([O-])[O-].[Na+].[Na+]. The molecule has 1 rings (SSSR count). The van der Waals surface area contributed by atoms with Crippen molar-refractivity contribution in [1.29, 1.82) is 0 Å². The van der Waals surface area contributed by atoms with Crippen LogP contribution in [0.3, 0.4) is 0 Å². The minimum absolute atomic E-state index is 0. The molecule has 24 heavy (non-hydrogen) atoms. The van der Waals surface area contributed by atoms with E-state index in [1.54, 1.807) is 0 Å². The van der Waals surface area contributed by atoms with Crippen LogP contribution in [0, 0.1) is 0 Å². The minimum atomic E-state index is -3.11. The molecule has 1 N–H and O–H groups in total. The van der Waals surface area contributed by atoms with E-state index in [-0.39, 0.29) is 71.0 Å². The van der Waals surface area contributed by atoms with Crippen LogP contribution in [-0.2, 0) is 22.4 Å². The van der Waals surface area contributed by atoms with Gasteiger partial charge in [-0.25, -0.2) is 4.21 Å². The molecular weight excluding hydrogens is 370 g/mol. The van der Waals surface area contributed by atoms with E-state index in [9.17, 15) is 8.76 Å². The Balaban J connectivity index is -0.000000661. The molecule has 0 radical (unpaired) electrons. The van der Waals surface area contributed by atoms with Gasteiger partial charge in [0.05, 0.1) is 4.90 Å². The summed E-state index contributed by atoms with van der Waals surface area (Å²) in [5.41, 5.74) is 3.26. The maximum absolute atomic E-state index is 11.6. The smallest absolute Gasteiger partial charge is 0.784 e. The first-order chi connectivity index (χ1) is 9.98. The van der Waals surface area contributed by atoms with Gasteiger partial charge in [-0.2, -0.15) is 0 Å². The normalized spacial score (nSPS) is 11.7. The second-order valence-corrected chi connectivity index (χ2v) is 7.26. The van der Waals surface area contributed by atoms with Crippen molar-refractivity contribution in [2.45, 2.75) is 64.2 Å². The van der Waals surface area contributed by atoms with Crippen LogP contribution < -0.4 is 59.1 Å². The fraction of sp³-hybridized carbons (Fsp3) is 0.600. The summed E-state index contributed by atoms with van der Waals surface area (Å²) >= 11 is -5.03. The molecule has 0 aromatic heterocycles. The Kier molecular flexibility index (Phi) is 18.2. The van der Waals surface area contributed by atoms with Crippen molar-refractivity contribution in [2.75, 3.05) is 0 Å². The predicted molar refractivity (Wildman–Crippen MR) is 87.4 cm³/mol. The summed E-state index contributed by atoms with van der Waals surface area (Å²) in [5.74, 6) is 0.945. The second-order valence-electron chi connectivity index (χ2n) is 5.95. The van der Waals surface area contributed by atoms with Crippen molar-refractivity contribution < 1.29 is 81.2 Å². The fourth-order valence-electron chi connectivity index (χ4n) is 2.09. The molecule has 0 saturated heterocycles. The van der Waals surface area contributed by atoms with E-state index >= 15 is 0 Å². The Labute approximate surface area is 194 Å². The van der Waals surface area contributed by atoms with Crippen molar-refractivity contribution in [3.05, 3.63) is 28.8 Å². The van der Waals surface area contributed by atoms with Gasteiger partial charge in [0.25, 0.3) is 0 Å². The van der Waals surface area contributed by atoms with Crippen LogP contribution in [0.25, 0.3) is 0 Å². The molecule has 0 bridgehead atoms. The molecule has 1 aromatic rings. The van der Waals surface area contributed by atoms with Crippen LogP contribution in [0.2, 0.25) is 0 Å². The monoisotopic (exact) mass is 394 g/mol. The molecule has 0 aliphatic heterocycles. The van der Waals surface area contributed by atoms with E-state index < -0.39 is 22.4 Å². The van der Waals surface area contributed by atoms with Crippen molar-refractivity contribution in [3.63, 3.8) is 0 Å². The van der Waals surface area contributed by atoms with Gasteiger partial charge < -0.3 is 13.7 Å². The van der Waals surface area contributed by atoms with Gasteiger partial charge in [-0.3, -0.25) is 4.21 Å². The largest absolute Gasteiger partial charge is 1.00 e. The first kappa shape index (κ1) is 30.1. The molecule has 0 amide bonds. The van der Waals surface area contributed by atoms with E-state index in [1.807, 2.05) is 0 Å². The molecule has 0 aliphatic carbocycles. The summed E-state index contributed by atoms with van der Waals surface area (Å²) in [5, 5.41) is 0. The summed E-state index contributed by atoms with van der Waals surface area (Å²) < 4.78 is 46.6. The Hall–Kier alpha value is 1.40. The van der Waals surface area contributed by atoms with Gasteiger partial charge in [0.1, 0.15) is 0 Å². The molecule has 9 heteroatoms. The molecule has 0 fully saturated rings. The molecule has 5 nitrogen and oxygen atoms in total. The average molecular weight is 394 g/mol. The molecule has 1 unspecified atom stereocenters. The molecule has 128 valence electrons. The molecular formula is C15H24Na2O5S2. The van der Waals surface area contributed by atoms with E-state index in [0.29, 0.717) is 10.8 Å². The average Bonchev–Trinajstić information content (AvgIpc) is 2.35. The summed E-state index contributed by atoms with van der Waals surface area (Å²) in [6, 6.07) is 4.18. The number of hydrogen-bond donors (Lipinski definition) is 1. The van der Waals surface area contributed by atoms with Gasteiger partial charge >= 0.3 is 59.1 Å². The first-order valence-corrected chi connectivity index (χ1v) is 9.14. The Morgan fingerprint density at radius 1 is 0.833 bits per heavy atom. The van der Waals surface area contributed by atoms with Gasteiger partial charge in [0.2, 0.25) is 0 Å². The zero-order valence-electron chi connectivity index (χ0n) is 15.8. The third-order valence-corrected chi connectivity index (χ3v) is 4.07. The first-order valence-electron chi connectivity index (χ1n) is 7.04. The van der Waals surface area contributed by atoms with Gasteiger partial charge in [-0.05, 0) is 34.4 Å². The summed E-state index contributed by atoms with van der Waals surface area (Å²) in [6.45, 7) is 12.6. The van der Waals surface area contributed by atoms with Gasteiger partial charge in [-0.15, -0.1) is 11.4 Å². The topological polar surface area (TPSA) is 100 Å². The van der Waals surface area contributed by atoms with Crippen molar-refractivity contribution in [2.24, 2.45) is 0 Å². The predicted octanol–water partition coefficient (Wildman–Crippen LogP) is -2.36. The van der Waals surface area contributed by atoms with E-state index in [0.717, 1.165) is 11.1 Å². The van der Waals surface area contributed by atoms with E-state index in [1.165, 1.54) is 5.56 Å². The maximum atomic E-state index is 11.6. The molecule has 1 aromatic carbocycles. The van der Waals surface area contributed by atoms with Gasteiger partial charge in [0.15, 0.2) is 11.1 Å². The van der Waals surface area contributed by atoms with Crippen LogP contribution in [0.1, 0.15) is 76.0 Å². The third-order valence-electron chi connectivity index (χ3n) is 3.25. The number of rotatable bonds is 4. The Bertz CT molecular complexity index is 516. The number of benzene rings is 1. The molecule has 0 saturated carbocycles. The van der Waals surface area contributed by atoms with Crippen molar-refractivity contribution >= 4 is 22.4 Å². The minimum Gasteiger partial charge on any atom is -0.784 e. The zero-order valence-corrected chi connectivity index (χ0v) is 21.4. The molecule has 1 atom stereocenters. The number of hydrogen-bond acceptors (Lipinski definition) is 4. The Morgan fingerprint density at radius 2 is 1.12 bits per heavy atom. The van der Waals surface area contributed by atoms with Crippen molar-refractivity contribution in [1.82, 2.24) is 0 Å². The summed E-state index contributed by atoms with van der Waals surface area (Å²) in [4.78, 5) is 0.615. The van der Waals surface area contributed by atoms with Gasteiger partial charge in [-0.1, -0.05) is 53.7 Å². The van der Waals surface area contributed by atoms with Crippen molar-refractivity contribution in [3.8, 4) is 0 Å². The molecule has 0 spiro atoms.